The van der Waals surface area contributed by atoms with Crippen molar-refractivity contribution in [3.8, 4) is 0 Å². The van der Waals surface area contributed by atoms with Crippen LogP contribution < -0.4 is 16.0 Å². The monoisotopic (exact) mass is 698 g/mol. The molecule has 2 aliphatic heterocycles. The van der Waals surface area contributed by atoms with Crippen LogP contribution in [0.15, 0.2) is 42.6 Å². The van der Waals surface area contributed by atoms with Gasteiger partial charge in [-0.05, 0) is 75.5 Å². The van der Waals surface area contributed by atoms with Crippen molar-refractivity contribution in [2.45, 2.75) is 62.6 Å². The van der Waals surface area contributed by atoms with Crippen molar-refractivity contribution < 1.29 is 49.8 Å². The molecule has 49 heavy (non-hydrogen) atoms. The lowest BCUT2D eigenvalue weighted by atomic mass is 9.82. The molecular weight excluding hydrogens is 665 g/mol. The van der Waals surface area contributed by atoms with Gasteiger partial charge >= 0.3 is 24.3 Å². The molecule has 10 nitrogen and oxygen atoms in total. The van der Waals surface area contributed by atoms with Gasteiger partial charge in [-0.15, -0.1) is 0 Å². The van der Waals surface area contributed by atoms with Crippen LogP contribution in [0.1, 0.15) is 64.4 Å². The molecule has 2 saturated heterocycles. The van der Waals surface area contributed by atoms with Gasteiger partial charge in [-0.3, -0.25) is 4.90 Å². The van der Waals surface area contributed by atoms with E-state index in [1.807, 2.05) is 6.92 Å². The van der Waals surface area contributed by atoms with Crippen molar-refractivity contribution in [1.82, 2.24) is 14.9 Å². The van der Waals surface area contributed by atoms with Crippen LogP contribution in [0, 0.1) is 5.82 Å². The largest absolute Gasteiger partial charge is 0.465 e. The van der Waals surface area contributed by atoms with E-state index in [1.165, 1.54) is 12.1 Å². The molecule has 0 bridgehead atoms. The fraction of sp³-hybridized carbons (Fsp3) is 0.438. The Morgan fingerprint density at radius 1 is 0.959 bits per heavy atom. The van der Waals surface area contributed by atoms with Gasteiger partial charge in [0.05, 0.1) is 42.7 Å². The Hall–Kier alpha value is -4.67. The summed E-state index contributed by atoms with van der Waals surface area (Å²) >= 11 is 0. The molecule has 3 N–H and O–H groups in total. The van der Waals surface area contributed by atoms with Crippen molar-refractivity contribution in [3.05, 3.63) is 70.7 Å². The van der Waals surface area contributed by atoms with Crippen LogP contribution in [0.2, 0.25) is 0 Å². The van der Waals surface area contributed by atoms with Crippen molar-refractivity contribution in [3.63, 3.8) is 0 Å². The standard InChI is InChI=1S/C32H33F7N6O4/c1-30(16-41-17-6-8-21(27(46)48-2)23(12-17)31(34,35)36)14-19(11-20-5-4-10-45(20)30)42-26-25(33)15-40-29(44-26)43-18-7-9-22(28(47)49-3)24(13-18)32(37,38)39/h6-9,12-13,15,19-20,41H,4-5,10-11,14,16H2,1-3H3,(H2,40,42,43,44)/t19-,20+,30?/m1/s1. The number of piperidine rings is 1. The molecule has 5 rings (SSSR count). The molecule has 0 saturated carbocycles. The Balaban J connectivity index is 1.34. The number of methoxy groups -OCH3 is 2. The number of rotatable bonds is 9. The van der Waals surface area contributed by atoms with Crippen LogP contribution in [0.5, 0.6) is 0 Å². The first kappa shape index (κ1) is 35.6. The maximum absolute atomic E-state index is 15.0. The predicted molar refractivity (Wildman–Crippen MR) is 164 cm³/mol. The first-order valence-corrected chi connectivity index (χ1v) is 15.2. The topological polar surface area (TPSA) is 118 Å². The van der Waals surface area contributed by atoms with Gasteiger partial charge in [-0.25, -0.2) is 19.0 Å². The summed E-state index contributed by atoms with van der Waals surface area (Å²) in [4.78, 5) is 34.1. The number of hydrogen-bond acceptors (Lipinski definition) is 10. The number of alkyl halides is 6. The summed E-state index contributed by atoms with van der Waals surface area (Å²) in [6.07, 6.45) is -6.02. The molecule has 0 radical (unpaired) electrons. The summed E-state index contributed by atoms with van der Waals surface area (Å²) in [6, 6.07) is 5.88. The van der Waals surface area contributed by atoms with Gasteiger partial charge in [0.25, 0.3) is 0 Å². The molecule has 2 aliphatic rings. The first-order chi connectivity index (χ1) is 23.0. The van der Waals surface area contributed by atoms with Crippen LogP contribution in [0.25, 0.3) is 0 Å². The van der Waals surface area contributed by atoms with Gasteiger partial charge in [0.2, 0.25) is 5.95 Å². The van der Waals surface area contributed by atoms with E-state index in [9.17, 15) is 40.3 Å². The Kier molecular flexibility index (Phi) is 9.95. The number of ether oxygens (including phenoxy) is 2. The summed E-state index contributed by atoms with van der Waals surface area (Å²) in [6.45, 7) is 2.94. The highest BCUT2D eigenvalue weighted by Gasteiger charge is 2.46. The smallest absolute Gasteiger partial charge is 0.417 e. The average Bonchev–Trinajstić information content (AvgIpc) is 3.53. The normalized spacial score (nSPS) is 21.1. The summed E-state index contributed by atoms with van der Waals surface area (Å²) < 4.78 is 106. The van der Waals surface area contributed by atoms with Gasteiger partial charge in [0, 0.05) is 35.5 Å². The number of fused-ring (bicyclic) bond motifs is 1. The Labute approximate surface area is 276 Å². The molecule has 3 heterocycles. The molecule has 1 unspecified atom stereocenters. The number of anilines is 4. The lowest BCUT2D eigenvalue weighted by Crippen LogP contribution is -2.60. The second-order valence-corrected chi connectivity index (χ2v) is 12.1. The van der Waals surface area contributed by atoms with E-state index in [4.69, 9.17) is 0 Å². The molecule has 2 fully saturated rings. The molecule has 0 aliphatic carbocycles. The number of carbonyl (C=O) groups excluding carboxylic acids is 2. The van der Waals surface area contributed by atoms with Crippen LogP contribution in [-0.4, -0.2) is 71.7 Å². The third-order valence-electron chi connectivity index (χ3n) is 8.79. The van der Waals surface area contributed by atoms with E-state index in [-0.39, 0.29) is 41.8 Å². The molecule has 2 aromatic carbocycles. The number of nitrogens with one attached hydrogen (secondary N) is 3. The highest BCUT2D eigenvalue weighted by molar-refractivity contribution is 5.92. The molecule has 0 spiro atoms. The lowest BCUT2D eigenvalue weighted by Gasteiger charge is -2.50. The molecule has 17 heteroatoms. The van der Waals surface area contributed by atoms with E-state index >= 15 is 0 Å². The first-order valence-electron chi connectivity index (χ1n) is 15.2. The van der Waals surface area contributed by atoms with Crippen LogP contribution in [0.4, 0.5) is 53.9 Å². The van der Waals surface area contributed by atoms with Crippen LogP contribution in [-0.2, 0) is 21.8 Å². The van der Waals surface area contributed by atoms with Crippen molar-refractivity contribution >= 4 is 35.1 Å². The molecule has 3 atom stereocenters. The van der Waals surface area contributed by atoms with Crippen LogP contribution >= 0.6 is 0 Å². The number of hydrogen-bond donors (Lipinski definition) is 3. The Bertz CT molecular complexity index is 1720. The van der Waals surface area contributed by atoms with Crippen molar-refractivity contribution in [1.29, 1.82) is 0 Å². The number of benzene rings is 2. The summed E-state index contributed by atoms with van der Waals surface area (Å²) in [5.41, 5.74) is -4.21. The summed E-state index contributed by atoms with van der Waals surface area (Å²) in [5.74, 6) is -3.48. The van der Waals surface area contributed by atoms with Crippen LogP contribution in [0.3, 0.4) is 0 Å². The summed E-state index contributed by atoms with van der Waals surface area (Å²) in [7, 11) is 1.96. The number of halogens is 7. The quantitative estimate of drug-likeness (QED) is 0.161. The average molecular weight is 699 g/mol. The maximum atomic E-state index is 15.0. The van der Waals surface area contributed by atoms with Crippen molar-refractivity contribution in [2.75, 3.05) is 43.3 Å². The second-order valence-electron chi connectivity index (χ2n) is 12.1. The number of esters is 2. The van der Waals surface area contributed by atoms with Gasteiger partial charge < -0.3 is 25.4 Å². The predicted octanol–water partition coefficient (Wildman–Crippen LogP) is 6.88. The Morgan fingerprint density at radius 3 is 2.14 bits per heavy atom. The zero-order valence-corrected chi connectivity index (χ0v) is 26.6. The van der Waals surface area contributed by atoms with E-state index in [2.05, 4.69) is 40.3 Å². The molecule has 264 valence electrons. The fourth-order valence-electron chi connectivity index (χ4n) is 6.60. The fourth-order valence-corrected chi connectivity index (χ4v) is 6.60. The second kappa shape index (κ2) is 13.7. The molecule has 1 aromatic heterocycles. The third-order valence-corrected chi connectivity index (χ3v) is 8.79. The number of aromatic nitrogens is 2. The van der Waals surface area contributed by atoms with E-state index < -0.39 is 57.9 Å². The lowest BCUT2D eigenvalue weighted by molar-refractivity contribution is -0.138. The molecule has 0 amide bonds. The molecular formula is C32H33F7N6O4. The van der Waals surface area contributed by atoms with E-state index in [0.717, 1.165) is 58.0 Å². The minimum absolute atomic E-state index is 0.0853. The minimum Gasteiger partial charge on any atom is -0.465 e. The zero-order valence-electron chi connectivity index (χ0n) is 26.6. The summed E-state index contributed by atoms with van der Waals surface area (Å²) in [5, 5.41) is 8.81. The minimum atomic E-state index is -4.87. The van der Waals surface area contributed by atoms with Gasteiger partial charge in [0.15, 0.2) is 11.6 Å². The highest BCUT2D eigenvalue weighted by atomic mass is 19.4. The zero-order chi connectivity index (χ0) is 35.7. The van der Waals surface area contributed by atoms with E-state index in [1.54, 1.807) is 0 Å². The van der Waals surface area contributed by atoms with Gasteiger partial charge in [-0.2, -0.15) is 31.3 Å². The van der Waals surface area contributed by atoms with Gasteiger partial charge in [0.1, 0.15) is 0 Å². The van der Waals surface area contributed by atoms with Crippen molar-refractivity contribution in [2.24, 2.45) is 0 Å². The van der Waals surface area contributed by atoms with E-state index in [0.29, 0.717) is 18.9 Å². The SMILES string of the molecule is COC(=O)c1ccc(NCC2(C)C[C@H](Nc3nc(Nc4ccc(C(=O)OC)c(C(F)(F)F)c4)ncc3F)C[C@@H]3CCCN32)cc1C(F)(F)F. The highest BCUT2D eigenvalue weighted by Crippen LogP contribution is 2.40. The number of carbonyl (C=O) groups is 2. The Morgan fingerprint density at radius 2 is 1.55 bits per heavy atom. The molecule has 3 aromatic rings. The maximum Gasteiger partial charge on any atom is 0.417 e. The number of nitrogens with zero attached hydrogens (tertiary/aromatic N) is 3. The van der Waals surface area contributed by atoms with Gasteiger partial charge in [-0.1, -0.05) is 0 Å². The third kappa shape index (κ3) is 7.81.